The number of piperidine rings is 1. The third-order valence-electron chi connectivity index (χ3n) is 5.00. The van der Waals surface area contributed by atoms with Gasteiger partial charge in [-0.25, -0.2) is 0 Å². The minimum atomic E-state index is -0.299. The molecule has 27 heavy (non-hydrogen) atoms. The van der Waals surface area contributed by atoms with Crippen LogP contribution in [0.3, 0.4) is 0 Å². The standard InChI is InChI=1S/C20H29N3O4/c1-4-27-20(26)16-9-11-23(12-10-16)19(25)15-5-7-17(8-6-15)22-18(24)13(2)14(3)21/h5-8,13-14,16H,4,9-12,21H2,1-3H3,(H,22,24). The molecule has 148 valence electrons. The maximum Gasteiger partial charge on any atom is 0.309 e. The van der Waals surface area contributed by atoms with Crippen molar-refractivity contribution in [3.05, 3.63) is 29.8 Å². The lowest BCUT2D eigenvalue weighted by Gasteiger charge is -2.31. The molecule has 1 heterocycles. The SMILES string of the molecule is CCOC(=O)C1CCN(C(=O)c2ccc(NC(=O)C(C)C(C)N)cc2)CC1. The summed E-state index contributed by atoms with van der Waals surface area (Å²) < 4.78 is 5.05. The van der Waals surface area contributed by atoms with Gasteiger partial charge in [-0.15, -0.1) is 0 Å². The molecule has 0 spiro atoms. The highest BCUT2D eigenvalue weighted by atomic mass is 16.5. The van der Waals surface area contributed by atoms with Crippen molar-refractivity contribution >= 4 is 23.5 Å². The summed E-state index contributed by atoms with van der Waals surface area (Å²) in [4.78, 5) is 38.2. The number of anilines is 1. The molecule has 1 aromatic rings. The molecule has 0 aliphatic carbocycles. The Morgan fingerprint density at radius 1 is 1.19 bits per heavy atom. The van der Waals surface area contributed by atoms with Gasteiger partial charge in [0.05, 0.1) is 18.4 Å². The Morgan fingerprint density at radius 2 is 1.78 bits per heavy atom. The zero-order valence-corrected chi connectivity index (χ0v) is 16.2. The molecular formula is C20H29N3O4. The van der Waals surface area contributed by atoms with Crippen LogP contribution in [0, 0.1) is 11.8 Å². The maximum atomic E-state index is 12.6. The topological polar surface area (TPSA) is 102 Å². The molecule has 2 amide bonds. The van der Waals surface area contributed by atoms with Crippen LogP contribution in [0.2, 0.25) is 0 Å². The highest BCUT2D eigenvalue weighted by molar-refractivity contribution is 5.96. The molecule has 0 bridgehead atoms. The lowest BCUT2D eigenvalue weighted by atomic mass is 9.96. The molecule has 0 radical (unpaired) electrons. The monoisotopic (exact) mass is 375 g/mol. The van der Waals surface area contributed by atoms with Gasteiger partial charge >= 0.3 is 5.97 Å². The van der Waals surface area contributed by atoms with Gasteiger partial charge in [-0.05, 0) is 51.0 Å². The van der Waals surface area contributed by atoms with E-state index in [4.69, 9.17) is 10.5 Å². The van der Waals surface area contributed by atoms with E-state index < -0.39 is 0 Å². The minimum Gasteiger partial charge on any atom is -0.466 e. The van der Waals surface area contributed by atoms with E-state index in [1.54, 1.807) is 49.9 Å². The van der Waals surface area contributed by atoms with E-state index in [2.05, 4.69) is 5.32 Å². The van der Waals surface area contributed by atoms with Crippen LogP contribution in [0.4, 0.5) is 5.69 Å². The van der Waals surface area contributed by atoms with Crippen molar-refractivity contribution in [1.82, 2.24) is 4.90 Å². The van der Waals surface area contributed by atoms with Gasteiger partial charge < -0.3 is 20.7 Å². The first kappa shape index (κ1) is 20.9. The number of ether oxygens (including phenoxy) is 1. The largest absolute Gasteiger partial charge is 0.466 e. The summed E-state index contributed by atoms with van der Waals surface area (Å²) in [6.07, 6.45) is 1.24. The van der Waals surface area contributed by atoms with Gasteiger partial charge in [0.25, 0.3) is 5.91 Å². The zero-order chi connectivity index (χ0) is 20.0. The average Bonchev–Trinajstić information content (AvgIpc) is 2.67. The second kappa shape index (κ2) is 9.50. The molecule has 2 unspecified atom stereocenters. The van der Waals surface area contributed by atoms with E-state index in [1.165, 1.54) is 0 Å². The Bertz CT molecular complexity index is 664. The Balaban J connectivity index is 1.91. The predicted octanol–water partition coefficient (Wildman–Crippen LogP) is 2.02. The average molecular weight is 375 g/mol. The van der Waals surface area contributed by atoms with Gasteiger partial charge in [0, 0.05) is 30.4 Å². The summed E-state index contributed by atoms with van der Waals surface area (Å²) in [5.74, 6) is -0.819. The van der Waals surface area contributed by atoms with Crippen LogP contribution in [-0.4, -0.2) is 48.4 Å². The Morgan fingerprint density at radius 3 is 2.30 bits per heavy atom. The van der Waals surface area contributed by atoms with Crippen LogP contribution in [0.5, 0.6) is 0 Å². The molecule has 1 saturated heterocycles. The molecule has 7 nitrogen and oxygen atoms in total. The maximum absolute atomic E-state index is 12.6. The van der Waals surface area contributed by atoms with Crippen LogP contribution >= 0.6 is 0 Å². The molecule has 1 aliphatic heterocycles. The normalized spacial score (nSPS) is 17.1. The lowest BCUT2D eigenvalue weighted by molar-refractivity contribution is -0.149. The van der Waals surface area contributed by atoms with E-state index in [0.29, 0.717) is 43.8 Å². The quantitative estimate of drug-likeness (QED) is 0.741. The smallest absolute Gasteiger partial charge is 0.309 e. The fourth-order valence-corrected chi connectivity index (χ4v) is 2.95. The van der Waals surface area contributed by atoms with Crippen LogP contribution in [0.15, 0.2) is 24.3 Å². The molecular weight excluding hydrogens is 346 g/mol. The molecule has 7 heteroatoms. The van der Waals surface area contributed by atoms with Crippen molar-refractivity contribution in [2.75, 3.05) is 25.0 Å². The summed E-state index contributed by atoms with van der Waals surface area (Å²) >= 11 is 0. The van der Waals surface area contributed by atoms with Crippen LogP contribution in [0.25, 0.3) is 0 Å². The van der Waals surface area contributed by atoms with E-state index >= 15 is 0 Å². The van der Waals surface area contributed by atoms with Crippen molar-refractivity contribution in [2.45, 2.75) is 39.7 Å². The van der Waals surface area contributed by atoms with Crippen molar-refractivity contribution in [3.63, 3.8) is 0 Å². The summed E-state index contributed by atoms with van der Waals surface area (Å²) in [7, 11) is 0. The molecule has 2 atom stereocenters. The molecule has 0 aromatic heterocycles. The number of likely N-dealkylation sites (tertiary alicyclic amines) is 1. The van der Waals surface area contributed by atoms with E-state index in [9.17, 15) is 14.4 Å². The number of hydrogen-bond acceptors (Lipinski definition) is 5. The van der Waals surface area contributed by atoms with Gasteiger partial charge in [0.1, 0.15) is 0 Å². The number of benzene rings is 1. The van der Waals surface area contributed by atoms with E-state index in [1.807, 2.05) is 0 Å². The van der Waals surface area contributed by atoms with Crippen LogP contribution < -0.4 is 11.1 Å². The molecule has 3 N–H and O–H groups in total. The van der Waals surface area contributed by atoms with E-state index in [-0.39, 0.29) is 35.7 Å². The fraction of sp³-hybridized carbons (Fsp3) is 0.550. The van der Waals surface area contributed by atoms with Gasteiger partial charge in [-0.2, -0.15) is 0 Å². The number of amides is 2. The first-order valence-corrected chi connectivity index (χ1v) is 9.45. The zero-order valence-electron chi connectivity index (χ0n) is 16.2. The number of nitrogens with zero attached hydrogens (tertiary/aromatic N) is 1. The number of nitrogens with one attached hydrogen (secondary N) is 1. The van der Waals surface area contributed by atoms with Gasteiger partial charge in [-0.3, -0.25) is 14.4 Å². The number of carbonyl (C=O) groups excluding carboxylic acids is 3. The highest BCUT2D eigenvalue weighted by Crippen LogP contribution is 2.21. The Labute approximate surface area is 160 Å². The molecule has 1 fully saturated rings. The number of esters is 1. The van der Waals surface area contributed by atoms with E-state index in [0.717, 1.165) is 0 Å². The fourth-order valence-electron chi connectivity index (χ4n) is 2.95. The summed E-state index contributed by atoms with van der Waals surface area (Å²) in [5, 5.41) is 2.80. The van der Waals surface area contributed by atoms with Gasteiger partial charge in [0.15, 0.2) is 0 Å². The predicted molar refractivity (Wildman–Crippen MR) is 103 cm³/mol. The first-order valence-electron chi connectivity index (χ1n) is 9.45. The minimum absolute atomic E-state index is 0.0702. The number of carbonyl (C=O) groups is 3. The number of hydrogen-bond donors (Lipinski definition) is 2. The molecule has 0 saturated carbocycles. The van der Waals surface area contributed by atoms with Crippen molar-refractivity contribution in [1.29, 1.82) is 0 Å². The highest BCUT2D eigenvalue weighted by Gasteiger charge is 2.28. The number of nitrogens with two attached hydrogens (primary N) is 1. The molecule has 1 aromatic carbocycles. The second-order valence-corrected chi connectivity index (χ2v) is 7.03. The van der Waals surface area contributed by atoms with Crippen LogP contribution in [0.1, 0.15) is 44.0 Å². The van der Waals surface area contributed by atoms with Crippen LogP contribution in [-0.2, 0) is 14.3 Å². The third kappa shape index (κ3) is 5.53. The Kier molecular flexibility index (Phi) is 7.36. The van der Waals surface area contributed by atoms with Gasteiger partial charge in [-0.1, -0.05) is 6.92 Å². The lowest BCUT2D eigenvalue weighted by Crippen LogP contribution is -2.40. The van der Waals surface area contributed by atoms with Crippen molar-refractivity contribution < 1.29 is 19.1 Å². The first-order chi connectivity index (χ1) is 12.8. The van der Waals surface area contributed by atoms with Gasteiger partial charge in [0.2, 0.25) is 5.91 Å². The summed E-state index contributed by atoms with van der Waals surface area (Å²) in [6, 6.07) is 6.59. The van der Waals surface area contributed by atoms with Crippen molar-refractivity contribution in [3.8, 4) is 0 Å². The number of rotatable bonds is 6. The Hall–Kier alpha value is -2.41. The summed E-state index contributed by atoms with van der Waals surface area (Å²) in [6.45, 7) is 6.80. The second-order valence-electron chi connectivity index (χ2n) is 7.03. The molecule has 2 rings (SSSR count). The summed E-state index contributed by atoms with van der Waals surface area (Å²) in [5.41, 5.74) is 6.93. The molecule has 1 aliphatic rings. The van der Waals surface area contributed by atoms with Crippen molar-refractivity contribution in [2.24, 2.45) is 17.6 Å². The third-order valence-corrected chi connectivity index (χ3v) is 5.00.